The molecule has 0 aromatic heterocycles. The number of hydrogen-bond acceptors (Lipinski definition) is 0. The third-order valence-corrected chi connectivity index (χ3v) is 8.28. The molecule has 0 heterocycles. The molecule has 0 saturated heterocycles. The summed E-state index contributed by atoms with van der Waals surface area (Å²) >= 11 is 7.19. The molecule has 0 fully saturated rings. The summed E-state index contributed by atoms with van der Waals surface area (Å²) in [6.07, 6.45) is 0.919. The van der Waals surface area contributed by atoms with Crippen LogP contribution in [0.2, 0.25) is 0 Å². The summed E-state index contributed by atoms with van der Waals surface area (Å²) in [5.41, 5.74) is 5.16. The Morgan fingerprint density at radius 2 is 0.714 bits per heavy atom. The maximum atomic E-state index is 7.19. The highest BCUT2D eigenvalue weighted by Gasteiger charge is 2.25. The fourth-order valence-electron chi connectivity index (χ4n) is 6.02. The van der Waals surface area contributed by atoms with Crippen molar-refractivity contribution in [1.29, 1.82) is 0 Å². The van der Waals surface area contributed by atoms with Gasteiger partial charge >= 0.3 is 0 Å². The Balaban J connectivity index is 1.32. The lowest BCUT2D eigenvalue weighted by Gasteiger charge is -2.26. The van der Waals surface area contributed by atoms with E-state index in [2.05, 4.69) is 109 Å². The van der Waals surface area contributed by atoms with Crippen molar-refractivity contribution >= 4 is 65.5 Å². The average Bonchev–Trinajstić information content (AvgIpc) is 2.88. The van der Waals surface area contributed by atoms with Gasteiger partial charge in [-0.2, -0.15) is 0 Å². The van der Waals surface area contributed by atoms with Crippen molar-refractivity contribution in [3.05, 3.63) is 131 Å². The highest BCUT2D eigenvalue weighted by Crippen LogP contribution is 2.43. The number of halogens is 1. The first-order valence-corrected chi connectivity index (χ1v) is 12.6. The number of benzene rings is 7. The highest BCUT2D eigenvalue weighted by molar-refractivity contribution is 6.23. The standard InChI is InChI=1S/C34H21Cl/c35-34-32-18-28-12-23-8-4-3-7-22(23)11-26(28)15-30(32)17-31-16-27-13-24-9-20-5-1-2-6-21(20)10-25(24)14-29(27)19-33(31)34/h1-16,18-19,34H,17H2. The van der Waals surface area contributed by atoms with Gasteiger partial charge < -0.3 is 0 Å². The zero-order valence-corrected chi connectivity index (χ0v) is 19.8. The second-order valence-electron chi connectivity index (χ2n) is 9.93. The molecule has 0 radical (unpaired) electrons. The zero-order chi connectivity index (χ0) is 23.1. The minimum absolute atomic E-state index is 0.138. The molecule has 1 aliphatic carbocycles. The summed E-state index contributed by atoms with van der Waals surface area (Å²) < 4.78 is 0. The van der Waals surface area contributed by atoms with Gasteiger partial charge in [-0.25, -0.2) is 0 Å². The van der Waals surface area contributed by atoms with Crippen LogP contribution in [-0.2, 0) is 6.42 Å². The molecule has 8 rings (SSSR count). The Bertz CT molecular complexity index is 2000. The monoisotopic (exact) mass is 464 g/mol. The molecular formula is C34H21Cl. The van der Waals surface area contributed by atoms with Gasteiger partial charge in [-0.05, 0) is 131 Å². The van der Waals surface area contributed by atoms with E-state index < -0.39 is 0 Å². The molecule has 0 saturated carbocycles. The molecule has 0 spiro atoms. The van der Waals surface area contributed by atoms with Gasteiger partial charge in [0.25, 0.3) is 0 Å². The highest BCUT2D eigenvalue weighted by atomic mass is 35.5. The lowest BCUT2D eigenvalue weighted by Crippen LogP contribution is -2.10. The summed E-state index contributed by atoms with van der Waals surface area (Å²) in [6, 6.07) is 40.4. The first-order chi connectivity index (χ1) is 17.2. The van der Waals surface area contributed by atoms with Crippen LogP contribution in [0.4, 0.5) is 0 Å². The molecule has 7 aromatic carbocycles. The van der Waals surface area contributed by atoms with Gasteiger partial charge in [-0.15, -0.1) is 11.6 Å². The van der Waals surface area contributed by atoms with E-state index in [-0.39, 0.29) is 5.38 Å². The Morgan fingerprint density at radius 3 is 1.11 bits per heavy atom. The lowest BCUT2D eigenvalue weighted by molar-refractivity contribution is 0.986. The van der Waals surface area contributed by atoms with Gasteiger partial charge in [0.2, 0.25) is 0 Å². The molecule has 0 N–H and O–H groups in total. The first kappa shape index (κ1) is 19.4. The molecule has 0 amide bonds. The Kier molecular flexibility index (Phi) is 3.93. The number of rotatable bonds is 0. The fourth-order valence-corrected chi connectivity index (χ4v) is 6.42. The lowest BCUT2D eigenvalue weighted by atomic mass is 9.82. The molecule has 35 heavy (non-hydrogen) atoms. The van der Waals surface area contributed by atoms with Crippen molar-refractivity contribution in [2.75, 3.05) is 0 Å². The second-order valence-corrected chi connectivity index (χ2v) is 10.4. The Hall–Kier alpha value is -3.87. The predicted molar refractivity (Wildman–Crippen MR) is 151 cm³/mol. The van der Waals surface area contributed by atoms with E-state index in [1.165, 1.54) is 76.1 Å². The van der Waals surface area contributed by atoms with E-state index in [0.29, 0.717) is 0 Å². The first-order valence-electron chi connectivity index (χ1n) is 12.2. The Labute approximate surface area is 208 Å². The SMILES string of the molecule is ClC1c2cc3cc4ccccc4cc3cc2Cc2cc3cc4cc5ccccc5cc4cc3cc21. The van der Waals surface area contributed by atoms with E-state index in [1.54, 1.807) is 0 Å². The fraction of sp³-hybridized carbons (Fsp3) is 0.0588. The Morgan fingerprint density at radius 1 is 0.400 bits per heavy atom. The van der Waals surface area contributed by atoms with Crippen LogP contribution in [0, 0.1) is 0 Å². The largest absolute Gasteiger partial charge is 0.113 e. The third kappa shape index (κ3) is 2.93. The number of hydrogen-bond donors (Lipinski definition) is 0. The van der Waals surface area contributed by atoms with Crippen molar-refractivity contribution in [3.8, 4) is 0 Å². The summed E-state index contributed by atoms with van der Waals surface area (Å²) in [5, 5.41) is 12.6. The molecule has 0 bridgehead atoms. The van der Waals surface area contributed by atoms with Crippen LogP contribution in [-0.4, -0.2) is 0 Å². The molecule has 1 atom stereocenters. The third-order valence-electron chi connectivity index (χ3n) is 7.81. The van der Waals surface area contributed by atoms with Gasteiger partial charge in [-0.1, -0.05) is 60.7 Å². The molecule has 1 heteroatoms. The normalized spacial score (nSPS) is 15.2. The van der Waals surface area contributed by atoms with Crippen molar-refractivity contribution in [2.24, 2.45) is 0 Å². The van der Waals surface area contributed by atoms with E-state index in [0.717, 1.165) is 6.42 Å². The van der Waals surface area contributed by atoms with Crippen LogP contribution in [0.1, 0.15) is 27.6 Å². The van der Waals surface area contributed by atoms with E-state index in [9.17, 15) is 0 Å². The van der Waals surface area contributed by atoms with Crippen molar-refractivity contribution in [3.63, 3.8) is 0 Å². The van der Waals surface area contributed by atoms with Crippen molar-refractivity contribution < 1.29 is 0 Å². The van der Waals surface area contributed by atoms with Gasteiger partial charge in [-0.3, -0.25) is 0 Å². The molecule has 0 aliphatic heterocycles. The van der Waals surface area contributed by atoms with E-state index in [4.69, 9.17) is 11.6 Å². The van der Waals surface area contributed by atoms with Crippen LogP contribution < -0.4 is 0 Å². The quantitative estimate of drug-likeness (QED) is 0.155. The van der Waals surface area contributed by atoms with Gasteiger partial charge in [0.1, 0.15) is 0 Å². The van der Waals surface area contributed by atoms with Gasteiger partial charge in [0, 0.05) is 0 Å². The maximum absolute atomic E-state index is 7.19. The smallest absolute Gasteiger partial charge is 0.0841 e. The van der Waals surface area contributed by atoms with E-state index >= 15 is 0 Å². The number of fused-ring (bicyclic) bond motifs is 7. The minimum atomic E-state index is -0.138. The predicted octanol–water partition coefficient (Wildman–Crippen LogP) is 9.68. The summed E-state index contributed by atoms with van der Waals surface area (Å²) in [5.74, 6) is 0. The van der Waals surface area contributed by atoms with Crippen LogP contribution in [0.25, 0.3) is 53.9 Å². The molecule has 164 valence electrons. The molecule has 7 aromatic rings. The maximum Gasteiger partial charge on any atom is 0.0841 e. The topological polar surface area (TPSA) is 0 Å². The summed E-state index contributed by atoms with van der Waals surface area (Å²) in [6.45, 7) is 0. The molecule has 1 aliphatic rings. The molecule has 0 nitrogen and oxygen atoms in total. The second kappa shape index (κ2) is 7.07. The van der Waals surface area contributed by atoms with Gasteiger partial charge in [0.05, 0.1) is 5.38 Å². The van der Waals surface area contributed by atoms with Crippen molar-refractivity contribution in [1.82, 2.24) is 0 Å². The molecule has 1 unspecified atom stereocenters. The van der Waals surface area contributed by atoms with Crippen molar-refractivity contribution in [2.45, 2.75) is 11.8 Å². The number of alkyl halides is 1. The summed E-state index contributed by atoms with van der Waals surface area (Å²) in [4.78, 5) is 0. The minimum Gasteiger partial charge on any atom is -0.113 e. The summed E-state index contributed by atoms with van der Waals surface area (Å²) in [7, 11) is 0. The van der Waals surface area contributed by atoms with Gasteiger partial charge in [0.15, 0.2) is 0 Å². The molecular weight excluding hydrogens is 444 g/mol. The zero-order valence-electron chi connectivity index (χ0n) is 19.1. The van der Waals surface area contributed by atoms with Crippen LogP contribution in [0.3, 0.4) is 0 Å². The van der Waals surface area contributed by atoms with E-state index in [1.807, 2.05) is 0 Å². The van der Waals surface area contributed by atoms with Crippen LogP contribution in [0.15, 0.2) is 109 Å². The van der Waals surface area contributed by atoms with Crippen LogP contribution >= 0.6 is 11.6 Å². The average molecular weight is 465 g/mol. The van der Waals surface area contributed by atoms with Crippen LogP contribution in [0.5, 0.6) is 0 Å².